The zero-order valence-corrected chi connectivity index (χ0v) is 11.4. The molecule has 0 bridgehead atoms. The topological polar surface area (TPSA) is 81.1 Å². The van der Waals surface area contributed by atoms with Gasteiger partial charge in [-0.1, -0.05) is 17.7 Å². The zero-order chi connectivity index (χ0) is 14.2. The van der Waals surface area contributed by atoms with Crippen LogP contribution in [0.2, 0.25) is 0 Å². The lowest BCUT2D eigenvalue weighted by molar-refractivity contribution is 0.0697. The average molecular weight is 275 g/mol. The molecule has 5 nitrogen and oxygen atoms in total. The van der Waals surface area contributed by atoms with Crippen LogP contribution in [0.25, 0.3) is 5.69 Å². The van der Waals surface area contributed by atoms with Crippen molar-refractivity contribution >= 4 is 24.0 Å². The molecule has 0 radical (unpaired) electrons. The Morgan fingerprint density at radius 1 is 1.42 bits per heavy atom. The molecule has 0 saturated carbocycles. The van der Waals surface area contributed by atoms with E-state index < -0.39 is 5.97 Å². The summed E-state index contributed by atoms with van der Waals surface area (Å²) in [5.74, 6) is -1.04. The highest BCUT2D eigenvalue weighted by Crippen LogP contribution is 2.21. The zero-order valence-electron chi connectivity index (χ0n) is 10.5. The van der Waals surface area contributed by atoms with E-state index in [0.29, 0.717) is 0 Å². The summed E-state index contributed by atoms with van der Waals surface area (Å²) in [5.41, 5.74) is 8.63. The molecule has 0 aliphatic rings. The lowest BCUT2D eigenvalue weighted by Crippen LogP contribution is -2.14. The molecule has 0 unspecified atom stereocenters. The summed E-state index contributed by atoms with van der Waals surface area (Å²) >= 11 is 5.14. The Balaban J connectivity index is 2.78. The monoisotopic (exact) mass is 275 g/mol. The Labute approximate surface area is 115 Å². The molecule has 0 atom stereocenters. The smallest absolute Gasteiger partial charge is 0.340 e. The summed E-state index contributed by atoms with van der Waals surface area (Å²) in [6.45, 7) is 3.89. The molecule has 1 aromatic heterocycles. The first-order valence-corrected chi connectivity index (χ1v) is 6.01. The minimum absolute atomic E-state index is 0.0615. The van der Waals surface area contributed by atoms with E-state index in [1.54, 1.807) is 0 Å². The number of anilines is 1. The Morgan fingerprint density at radius 3 is 2.68 bits per heavy atom. The molecule has 6 heteroatoms. The molecule has 1 heterocycles. The SMILES string of the molecule is Cc1ccc(-n2c(N)c(C(=O)O)cnc2=S)c(C)c1. The first kappa shape index (κ1) is 13.2. The molecule has 0 spiro atoms. The Hall–Kier alpha value is -2.21. The van der Waals surface area contributed by atoms with Gasteiger partial charge in [0.2, 0.25) is 4.77 Å². The number of aromatic nitrogens is 2. The van der Waals surface area contributed by atoms with Gasteiger partial charge in [-0.3, -0.25) is 4.57 Å². The van der Waals surface area contributed by atoms with Crippen LogP contribution in [0.5, 0.6) is 0 Å². The van der Waals surface area contributed by atoms with E-state index in [2.05, 4.69) is 4.98 Å². The van der Waals surface area contributed by atoms with Crippen LogP contribution < -0.4 is 5.73 Å². The van der Waals surface area contributed by atoms with E-state index in [-0.39, 0.29) is 16.2 Å². The van der Waals surface area contributed by atoms with Gasteiger partial charge >= 0.3 is 5.97 Å². The van der Waals surface area contributed by atoms with Crippen molar-refractivity contribution in [2.75, 3.05) is 5.73 Å². The van der Waals surface area contributed by atoms with Crippen molar-refractivity contribution < 1.29 is 9.90 Å². The first-order chi connectivity index (χ1) is 8.91. The molecule has 0 aliphatic carbocycles. The molecule has 19 heavy (non-hydrogen) atoms. The van der Waals surface area contributed by atoms with E-state index in [1.165, 1.54) is 10.8 Å². The van der Waals surface area contributed by atoms with Gasteiger partial charge in [0.05, 0.1) is 5.69 Å². The van der Waals surface area contributed by atoms with Crippen LogP contribution in [-0.2, 0) is 0 Å². The molecule has 98 valence electrons. The summed E-state index contributed by atoms with van der Waals surface area (Å²) in [7, 11) is 0. The van der Waals surface area contributed by atoms with E-state index >= 15 is 0 Å². The molecule has 0 fully saturated rings. The molecular formula is C13H13N3O2S. The van der Waals surface area contributed by atoms with Gasteiger partial charge in [0.25, 0.3) is 0 Å². The second-order valence-corrected chi connectivity index (χ2v) is 4.64. The van der Waals surface area contributed by atoms with Gasteiger partial charge < -0.3 is 10.8 Å². The summed E-state index contributed by atoms with van der Waals surface area (Å²) in [6, 6.07) is 5.74. The number of hydrogen-bond acceptors (Lipinski definition) is 4. The molecule has 1 aromatic carbocycles. The summed E-state index contributed by atoms with van der Waals surface area (Å²) in [5, 5.41) is 9.07. The molecule has 0 aliphatic heterocycles. The highest BCUT2D eigenvalue weighted by Gasteiger charge is 2.14. The predicted octanol–water partition coefficient (Wildman–Crippen LogP) is 2.50. The van der Waals surface area contributed by atoms with E-state index in [4.69, 9.17) is 23.1 Å². The van der Waals surface area contributed by atoms with Gasteiger partial charge in [-0.25, -0.2) is 9.78 Å². The second kappa shape index (κ2) is 4.81. The van der Waals surface area contributed by atoms with Crippen LogP contribution in [0.1, 0.15) is 21.5 Å². The van der Waals surface area contributed by atoms with Crippen molar-refractivity contribution in [1.82, 2.24) is 9.55 Å². The maximum absolute atomic E-state index is 11.1. The number of nitrogen functional groups attached to an aromatic ring is 1. The summed E-state index contributed by atoms with van der Waals surface area (Å²) in [6.07, 6.45) is 1.18. The van der Waals surface area contributed by atoms with Gasteiger partial charge in [-0.05, 0) is 37.7 Å². The average Bonchev–Trinajstić information content (AvgIpc) is 2.31. The van der Waals surface area contributed by atoms with Crippen molar-refractivity contribution in [2.45, 2.75) is 13.8 Å². The maximum atomic E-state index is 11.1. The van der Waals surface area contributed by atoms with Crippen molar-refractivity contribution in [3.8, 4) is 5.69 Å². The molecule has 2 rings (SSSR count). The number of nitrogens with two attached hydrogens (primary N) is 1. The maximum Gasteiger partial charge on any atom is 0.340 e. The highest BCUT2D eigenvalue weighted by atomic mass is 32.1. The number of carbonyl (C=O) groups is 1. The van der Waals surface area contributed by atoms with E-state index in [0.717, 1.165) is 16.8 Å². The standard InChI is InChI=1S/C13H13N3O2S/c1-7-3-4-10(8(2)5-7)16-11(14)9(12(17)18)6-15-13(16)19/h3-6H,14H2,1-2H3,(H,17,18). The van der Waals surface area contributed by atoms with E-state index in [9.17, 15) is 4.79 Å². The number of carboxylic acids is 1. The fourth-order valence-electron chi connectivity index (χ4n) is 1.92. The minimum atomic E-state index is -1.13. The van der Waals surface area contributed by atoms with Crippen LogP contribution in [-0.4, -0.2) is 20.6 Å². The fraction of sp³-hybridized carbons (Fsp3) is 0.154. The number of hydrogen-bond donors (Lipinski definition) is 2. The number of nitrogens with zero attached hydrogens (tertiary/aromatic N) is 2. The lowest BCUT2D eigenvalue weighted by atomic mass is 10.1. The summed E-state index contributed by atoms with van der Waals surface area (Å²) in [4.78, 5) is 15.0. The van der Waals surface area contributed by atoms with Gasteiger partial charge in [-0.2, -0.15) is 0 Å². The van der Waals surface area contributed by atoms with Crippen LogP contribution in [0, 0.1) is 18.6 Å². The Bertz CT molecular complexity index is 722. The second-order valence-electron chi connectivity index (χ2n) is 4.27. The van der Waals surface area contributed by atoms with Gasteiger partial charge in [0.1, 0.15) is 11.4 Å². The lowest BCUT2D eigenvalue weighted by Gasteiger charge is -2.14. The number of carboxylic acid groups (broad SMARTS) is 1. The first-order valence-electron chi connectivity index (χ1n) is 5.60. The molecule has 3 N–H and O–H groups in total. The quantitative estimate of drug-likeness (QED) is 0.823. The highest BCUT2D eigenvalue weighted by molar-refractivity contribution is 7.71. The normalized spacial score (nSPS) is 10.4. The largest absolute Gasteiger partial charge is 0.478 e. The predicted molar refractivity (Wildman–Crippen MR) is 75.2 cm³/mol. The molecule has 0 saturated heterocycles. The number of benzene rings is 1. The Morgan fingerprint density at radius 2 is 2.11 bits per heavy atom. The number of rotatable bonds is 2. The van der Waals surface area contributed by atoms with Crippen LogP contribution in [0.3, 0.4) is 0 Å². The van der Waals surface area contributed by atoms with Crippen LogP contribution in [0.4, 0.5) is 5.82 Å². The van der Waals surface area contributed by atoms with Crippen molar-refractivity contribution in [1.29, 1.82) is 0 Å². The minimum Gasteiger partial charge on any atom is -0.478 e. The van der Waals surface area contributed by atoms with Crippen molar-refractivity contribution in [3.63, 3.8) is 0 Å². The van der Waals surface area contributed by atoms with Gasteiger partial charge in [0, 0.05) is 6.20 Å². The Kier molecular flexibility index (Phi) is 3.35. The molecular weight excluding hydrogens is 262 g/mol. The number of aromatic carboxylic acids is 1. The fourth-order valence-corrected chi connectivity index (χ4v) is 2.17. The van der Waals surface area contributed by atoms with Crippen molar-refractivity contribution in [3.05, 3.63) is 45.9 Å². The van der Waals surface area contributed by atoms with Crippen molar-refractivity contribution in [2.24, 2.45) is 0 Å². The third-order valence-corrected chi connectivity index (χ3v) is 3.12. The number of aryl methyl sites for hydroxylation is 2. The third-order valence-electron chi connectivity index (χ3n) is 2.84. The van der Waals surface area contributed by atoms with Crippen LogP contribution >= 0.6 is 12.2 Å². The third kappa shape index (κ3) is 2.34. The van der Waals surface area contributed by atoms with Crippen LogP contribution in [0.15, 0.2) is 24.4 Å². The van der Waals surface area contributed by atoms with Gasteiger partial charge in [0.15, 0.2) is 0 Å². The molecule has 2 aromatic rings. The molecule has 0 amide bonds. The van der Waals surface area contributed by atoms with Gasteiger partial charge in [-0.15, -0.1) is 0 Å². The van der Waals surface area contributed by atoms with E-state index in [1.807, 2.05) is 32.0 Å². The summed E-state index contributed by atoms with van der Waals surface area (Å²) < 4.78 is 1.71.